The van der Waals surface area contributed by atoms with E-state index >= 15 is 0 Å². The zero-order chi connectivity index (χ0) is 13.8. The van der Waals surface area contributed by atoms with Gasteiger partial charge in [-0.2, -0.15) is 0 Å². The van der Waals surface area contributed by atoms with Gasteiger partial charge in [-0.1, -0.05) is 66.2 Å². The summed E-state index contributed by atoms with van der Waals surface area (Å²) in [4.78, 5) is 0. The first kappa shape index (κ1) is 14.3. The zero-order valence-corrected chi connectivity index (χ0v) is 13.1. The van der Waals surface area contributed by atoms with Crippen molar-refractivity contribution in [2.75, 3.05) is 0 Å². The smallest absolute Gasteiger partial charge is 0.0565 e. The number of halogens is 1. The first-order chi connectivity index (χ1) is 9.17. The van der Waals surface area contributed by atoms with Crippen LogP contribution in [0.5, 0.6) is 0 Å². The summed E-state index contributed by atoms with van der Waals surface area (Å²) in [6.45, 7) is 4.35. The van der Waals surface area contributed by atoms with Crippen molar-refractivity contribution in [2.45, 2.75) is 32.7 Å². The van der Waals surface area contributed by atoms with Crippen LogP contribution in [0.3, 0.4) is 0 Å². The molecule has 0 aliphatic carbocycles. The van der Waals surface area contributed by atoms with E-state index in [0.717, 1.165) is 22.9 Å². The maximum atomic E-state index is 6.49. The third kappa shape index (κ3) is 3.07. The van der Waals surface area contributed by atoms with E-state index in [4.69, 9.17) is 5.73 Å². The van der Waals surface area contributed by atoms with Crippen molar-refractivity contribution in [3.05, 3.63) is 69.2 Å². The van der Waals surface area contributed by atoms with Crippen LogP contribution in [0, 0.1) is 0 Å². The summed E-state index contributed by atoms with van der Waals surface area (Å²) < 4.78 is 1.08. The number of hydrogen-bond acceptors (Lipinski definition) is 1. The van der Waals surface area contributed by atoms with Gasteiger partial charge in [0.15, 0.2) is 0 Å². The highest BCUT2D eigenvalue weighted by Crippen LogP contribution is 2.29. The second kappa shape index (κ2) is 6.36. The van der Waals surface area contributed by atoms with Crippen molar-refractivity contribution in [3.8, 4) is 0 Å². The molecule has 0 radical (unpaired) electrons. The predicted octanol–water partition coefficient (Wildman–Crippen LogP) is 4.62. The molecule has 2 N–H and O–H groups in total. The second-order valence-corrected chi connectivity index (χ2v) is 5.59. The Morgan fingerprint density at radius 2 is 1.74 bits per heavy atom. The molecule has 2 aromatic rings. The van der Waals surface area contributed by atoms with E-state index < -0.39 is 0 Å². The summed E-state index contributed by atoms with van der Waals surface area (Å²) in [5, 5.41) is 0. The molecule has 2 heteroatoms. The Hall–Kier alpha value is -1.12. The normalized spacial score (nSPS) is 12.4. The largest absolute Gasteiger partial charge is 0.320 e. The summed E-state index contributed by atoms with van der Waals surface area (Å²) in [6.07, 6.45) is 2.05. The molecule has 0 spiro atoms. The van der Waals surface area contributed by atoms with Crippen molar-refractivity contribution in [1.29, 1.82) is 0 Å². The highest BCUT2D eigenvalue weighted by atomic mass is 79.9. The minimum absolute atomic E-state index is 0.0722. The number of hydrogen-bond donors (Lipinski definition) is 1. The molecule has 19 heavy (non-hydrogen) atoms. The lowest BCUT2D eigenvalue weighted by atomic mass is 9.92. The van der Waals surface area contributed by atoms with Crippen molar-refractivity contribution >= 4 is 15.9 Å². The SMILES string of the molecule is CCc1ccc(CC)c(C(N)c2ccccc2Br)c1. The topological polar surface area (TPSA) is 26.0 Å². The Bertz CT molecular complexity index is 563. The molecule has 0 saturated carbocycles. The third-order valence-electron chi connectivity index (χ3n) is 3.57. The monoisotopic (exact) mass is 317 g/mol. The summed E-state index contributed by atoms with van der Waals surface area (Å²) in [5.74, 6) is 0. The molecular weight excluding hydrogens is 298 g/mol. The van der Waals surface area contributed by atoms with Gasteiger partial charge in [0, 0.05) is 4.47 Å². The molecule has 1 nitrogen and oxygen atoms in total. The van der Waals surface area contributed by atoms with E-state index in [2.05, 4.69) is 54.0 Å². The van der Waals surface area contributed by atoms with Gasteiger partial charge in [0.2, 0.25) is 0 Å². The molecule has 2 rings (SSSR count). The van der Waals surface area contributed by atoms with Crippen LogP contribution in [0.2, 0.25) is 0 Å². The highest BCUT2D eigenvalue weighted by Gasteiger charge is 2.15. The average molecular weight is 318 g/mol. The first-order valence-corrected chi connectivity index (χ1v) is 7.58. The lowest BCUT2D eigenvalue weighted by Crippen LogP contribution is -2.15. The Morgan fingerprint density at radius 1 is 1.00 bits per heavy atom. The fraction of sp³-hybridized carbons (Fsp3) is 0.294. The third-order valence-corrected chi connectivity index (χ3v) is 4.30. The molecule has 2 aromatic carbocycles. The van der Waals surface area contributed by atoms with Gasteiger partial charge >= 0.3 is 0 Å². The fourth-order valence-corrected chi connectivity index (χ4v) is 2.90. The van der Waals surface area contributed by atoms with Crippen molar-refractivity contribution in [1.82, 2.24) is 0 Å². The zero-order valence-electron chi connectivity index (χ0n) is 11.5. The van der Waals surface area contributed by atoms with E-state index in [-0.39, 0.29) is 6.04 Å². The van der Waals surface area contributed by atoms with E-state index in [1.54, 1.807) is 0 Å². The molecule has 0 aliphatic rings. The van der Waals surface area contributed by atoms with Gasteiger partial charge in [-0.25, -0.2) is 0 Å². The van der Waals surface area contributed by atoms with E-state index in [1.165, 1.54) is 16.7 Å². The molecular formula is C17H20BrN. The van der Waals surface area contributed by atoms with Gasteiger partial charge in [-0.15, -0.1) is 0 Å². The number of rotatable bonds is 4. The molecule has 100 valence electrons. The van der Waals surface area contributed by atoms with Crippen LogP contribution >= 0.6 is 15.9 Å². The minimum Gasteiger partial charge on any atom is -0.320 e. The number of aryl methyl sites for hydroxylation is 2. The highest BCUT2D eigenvalue weighted by molar-refractivity contribution is 9.10. The predicted molar refractivity (Wildman–Crippen MR) is 85.4 cm³/mol. The van der Waals surface area contributed by atoms with Crippen LogP contribution in [0.25, 0.3) is 0 Å². The summed E-state index contributed by atoms with van der Waals surface area (Å²) >= 11 is 3.60. The van der Waals surface area contributed by atoms with Gasteiger partial charge in [-0.05, 0) is 41.2 Å². The van der Waals surface area contributed by atoms with Gasteiger partial charge in [0.25, 0.3) is 0 Å². The van der Waals surface area contributed by atoms with Crippen LogP contribution in [-0.2, 0) is 12.8 Å². The van der Waals surface area contributed by atoms with E-state index in [1.807, 2.05) is 18.2 Å². The second-order valence-electron chi connectivity index (χ2n) is 4.74. The minimum atomic E-state index is -0.0722. The summed E-state index contributed by atoms with van der Waals surface area (Å²) in [7, 11) is 0. The standard InChI is InChI=1S/C17H20BrN/c1-3-12-9-10-13(4-2)15(11-12)17(19)14-7-5-6-8-16(14)18/h5-11,17H,3-4,19H2,1-2H3. The molecule has 0 fully saturated rings. The maximum absolute atomic E-state index is 6.49. The Kier molecular flexibility index (Phi) is 4.78. The van der Waals surface area contributed by atoms with Crippen molar-refractivity contribution in [2.24, 2.45) is 5.73 Å². The van der Waals surface area contributed by atoms with Gasteiger partial charge in [0.1, 0.15) is 0 Å². The summed E-state index contributed by atoms with van der Waals surface area (Å²) in [5.41, 5.74) is 11.6. The quantitative estimate of drug-likeness (QED) is 0.874. The summed E-state index contributed by atoms with van der Waals surface area (Å²) in [6, 6.07) is 14.8. The van der Waals surface area contributed by atoms with Gasteiger partial charge < -0.3 is 5.73 Å². The van der Waals surface area contributed by atoms with Crippen LogP contribution in [0.1, 0.15) is 42.1 Å². The lowest BCUT2D eigenvalue weighted by molar-refractivity contribution is 0.840. The molecule has 0 aliphatic heterocycles. The van der Waals surface area contributed by atoms with Crippen molar-refractivity contribution in [3.63, 3.8) is 0 Å². The molecule has 0 saturated heterocycles. The van der Waals surface area contributed by atoms with Gasteiger partial charge in [0.05, 0.1) is 6.04 Å². The van der Waals surface area contributed by atoms with Crippen LogP contribution in [0.4, 0.5) is 0 Å². The molecule has 0 bridgehead atoms. The lowest BCUT2D eigenvalue weighted by Gasteiger charge is -2.19. The Labute approximate surface area is 124 Å². The molecule has 1 atom stereocenters. The number of benzene rings is 2. The molecule has 1 unspecified atom stereocenters. The van der Waals surface area contributed by atoms with Crippen LogP contribution in [-0.4, -0.2) is 0 Å². The molecule has 0 amide bonds. The van der Waals surface area contributed by atoms with Crippen molar-refractivity contribution < 1.29 is 0 Å². The molecule has 0 aromatic heterocycles. The average Bonchev–Trinajstić information content (AvgIpc) is 2.46. The maximum Gasteiger partial charge on any atom is 0.0565 e. The Balaban J connectivity index is 2.48. The Morgan fingerprint density at radius 3 is 2.37 bits per heavy atom. The van der Waals surface area contributed by atoms with Crippen LogP contribution in [0.15, 0.2) is 46.9 Å². The fourth-order valence-electron chi connectivity index (χ4n) is 2.37. The van der Waals surface area contributed by atoms with E-state index in [9.17, 15) is 0 Å². The number of nitrogens with two attached hydrogens (primary N) is 1. The molecule has 0 heterocycles. The van der Waals surface area contributed by atoms with E-state index in [0.29, 0.717) is 0 Å². The van der Waals surface area contributed by atoms with Gasteiger partial charge in [-0.3, -0.25) is 0 Å². The first-order valence-electron chi connectivity index (χ1n) is 6.79. The van der Waals surface area contributed by atoms with Crippen LogP contribution < -0.4 is 5.73 Å².